The van der Waals surface area contributed by atoms with Crippen molar-refractivity contribution in [2.75, 3.05) is 31.6 Å². The minimum absolute atomic E-state index is 0.695. The first kappa shape index (κ1) is 11.0. The standard InChI is InChI=1S/C9H18N4O/c1-4-13(5-2)9-11-8(14-12-9)6-7-10-3/h10H,4-7H2,1-3H3. The number of hydrogen-bond acceptors (Lipinski definition) is 5. The van der Waals surface area contributed by atoms with Gasteiger partial charge in [0.05, 0.1) is 0 Å². The van der Waals surface area contributed by atoms with Gasteiger partial charge in [0.2, 0.25) is 5.89 Å². The zero-order valence-corrected chi connectivity index (χ0v) is 9.08. The van der Waals surface area contributed by atoms with E-state index in [9.17, 15) is 0 Å². The molecule has 0 amide bonds. The van der Waals surface area contributed by atoms with Gasteiger partial charge in [0, 0.05) is 26.1 Å². The van der Waals surface area contributed by atoms with Gasteiger partial charge in [-0.2, -0.15) is 4.98 Å². The van der Waals surface area contributed by atoms with Crippen molar-refractivity contribution in [2.45, 2.75) is 20.3 Å². The molecule has 0 spiro atoms. The van der Waals surface area contributed by atoms with Crippen LogP contribution in [-0.4, -0.2) is 36.8 Å². The van der Waals surface area contributed by atoms with Crippen LogP contribution in [0.4, 0.5) is 5.95 Å². The van der Waals surface area contributed by atoms with Crippen molar-refractivity contribution in [1.29, 1.82) is 0 Å². The number of hydrogen-bond donors (Lipinski definition) is 1. The van der Waals surface area contributed by atoms with Crippen molar-refractivity contribution in [3.8, 4) is 0 Å². The van der Waals surface area contributed by atoms with E-state index < -0.39 is 0 Å². The Balaban J connectivity index is 2.57. The molecule has 5 nitrogen and oxygen atoms in total. The van der Waals surface area contributed by atoms with E-state index in [0.717, 1.165) is 26.1 Å². The molecule has 1 heterocycles. The highest BCUT2D eigenvalue weighted by Crippen LogP contribution is 2.08. The summed E-state index contributed by atoms with van der Waals surface area (Å²) in [5.41, 5.74) is 0. The Morgan fingerprint density at radius 1 is 1.36 bits per heavy atom. The third-order valence-corrected chi connectivity index (χ3v) is 2.09. The summed E-state index contributed by atoms with van der Waals surface area (Å²) in [5, 5.41) is 6.96. The topological polar surface area (TPSA) is 54.2 Å². The Labute approximate surface area is 84.5 Å². The van der Waals surface area contributed by atoms with Gasteiger partial charge in [-0.3, -0.25) is 0 Å². The van der Waals surface area contributed by atoms with Crippen LogP contribution >= 0.6 is 0 Å². The summed E-state index contributed by atoms with van der Waals surface area (Å²) in [6, 6.07) is 0. The zero-order chi connectivity index (χ0) is 10.4. The smallest absolute Gasteiger partial charge is 0.266 e. The largest absolute Gasteiger partial charge is 0.339 e. The Morgan fingerprint density at radius 2 is 2.07 bits per heavy atom. The molecule has 0 atom stereocenters. The van der Waals surface area contributed by atoms with Gasteiger partial charge >= 0.3 is 0 Å². The Morgan fingerprint density at radius 3 is 2.64 bits per heavy atom. The van der Waals surface area contributed by atoms with Gasteiger partial charge in [0.1, 0.15) is 0 Å². The summed E-state index contributed by atoms with van der Waals surface area (Å²) in [6.07, 6.45) is 0.783. The minimum atomic E-state index is 0.695. The molecule has 0 aliphatic heterocycles. The van der Waals surface area contributed by atoms with E-state index >= 15 is 0 Å². The number of aromatic nitrogens is 2. The maximum Gasteiger partial charge on any atom is 0.266 e. The van der Waals surface area contributed by atoms with Crippen LogP contribution in [0.2, 0.25) is 0 Å². The van der Waals surface area contributed by atoms with Crippen LogP contribution in [0, 0.1) is 0 Å². The quantitative estimate of drug-likeness (QED) is 0.728. The van der Waals surface area contributed by atoms with E-state index in [1.807, 2.05) is 7.05 Å². The van der Waals surface area contributed by atoms with Crippen LogP contribution in [0.25, 0.3) is 0 Å². The fourth-order valence-corrected chi connectivity index (χ4v) is 1.21. The van der Waals surface area contributed by atoms with Crippen LogP contribution in [0.15, 0.2) is 4.52 Å². The lowest BCUT2D eigenvalue weighted by atomic mass is 10.4. The molecule has 0 aliphatic carbocycles. The molecular weight excluding hydrogens is 180 g/mol. The molecule has 1 aromatic heterocycles. The molecule has 0 fully saturated rings. The van der Waals surface area contributed by atoms with Crippen LogP contribution in [0.1, 0.15) is 19.7 Å². The first-order valence-electron chi connectivity index (χ1n) is 5.03. The van der Waals surface area contributed by atoms with E-state index in [0.29, 0.717) is 11.8 Å². The van der Waals surface area contributed by atoms with Crippen LogP contribution in [0.5, 0.6) is 0 Å². The minimum Gasteiger partial charge on any atom is -0.339 e. The Kier molecular flexibility index (Phi) is 4.39. The fraction of sp³-hybridized carbons (Fsp3) is 0.778. The summed E-state index contributed by atoms with van der Waals surface area (Å²) in [4.78, 5) is 6.36. The Bertz CT molecular complexity index is 257. The summed E-state index contributed by atoms with van der Waals surface area (Å²) >= 11 is 0. The van der Waals surface area contributed by atoms with Crippen LogP contribution < -0.4 is 10.2 Å². The second kappa shape index (κ2) is 5.59. The monoisotopic (exact) mass is 198 g/mol. The summed E-state index contributed by atoms with van der Waals surface area (Å²) in [7, 11) is 1.90. The number of nitrogens with zero attached hydrogens (tertiary/aromatic N) is 3. The first-order chi connectivity index (χ1) is 6.81. The van der Waals surface area contributed by atoms with Crippen LogP contribution in [-0.2, 0) is 6.42 Å². The van der Waals surface area contributed by atoms with E-state index in [-0.39, 0.29) is 0 Å². The van der Waals surface area contributed by atoms with Gasteiger partial charge < -0.3 is 14.7 Å². The van der Waals surface area contributed by atoms with Gasteiger partial charge in [0.25, 0.3) is 5.95 Å². The maximum atomic E-state index is 5.11. The van der Waals surface area contributed by atoms with Gasteiger partial charge in [-0.05, 0) is 26.1 Å². The van der Waals surface area contributed by atoms with Gasteiger partial charge in [0.15, 0.2) is 0 Å². The average molecular weight is 198 g/mol. The normalized spacial score (nSPS) is 10.5. The molecule has 0 aromatic carbocycles. The predicted octanol–water partition coefficient (Wildman–Crippen LogP) is 0.678. The molecule has 0 unspecified atom stereocenters. The molecule has 5 heteroatoms. The van der Waals surface area contributed by atoms with Crippen molar-refractivity contribution in [1.82, 2.24) is 15.5 Å². The molecular formula is C9H18N4O. The molecule has 0 saturated carbocycles. The average Bonchev–Trinajstić information content (AvgIpc) is 2.65. The highest BCUT2D eigenvalue weighted by atomic mass is 16.5. The summed E-state index contributed by atoms with van der Waals surface area (Å²) in [5.74, 6) is 1.39. The van der Waals surface area contributed by atoms with Crippen molar-refractivity contribution >= 4 is 5.95 Å². The lowest BCUT2D eigenvalue weighted by Gasteiger charge is -2.14. The highest BCUT2D eigenvalue weighted by molar-refractivity contribution is 5.26. The van der Waals surface area contributed by atoms with Crippen molar-refractivity contribution < 1.29 is 4.52 Å². The summed E-state index contributed by atoms with van der Waals surface area (Å²) in [6.45, 7) is 6.82. The van der Waals surface area contributed by atoms with Crippen molar-refractivity contribution in [3.63, 3.8) is 0 Å². The van der Waals surface area contributed by atoms with Crippen molar-refractivity contribution in [3.05, 3.63) is 5.89 Å². The number of likely N-dealkylation sites (N-methyl/N-ethyl adjacent to an activating group) is 1. The summed E-state index contributed by atoms with van der Waals surface area (Å²) < 4.78 is 5.11. The first-order valence-corrected chi connectivity index (χ1v) is 5.03. The van der Waals surface area contributed by atoms with Crippen LogP contribution in [0.3, 0.4) is 0 Å². The molecule has 1 rings (SSSR count). The molecule has 0 saturated heterocycles. The third kappa shape index (κ3) is 2.70. The second-order valence-corrected chi connectivity index (χ2v) is 3.01. The molecule has 1 N–H and O–H groups in total. The molecule has 0 radical (unpaired) electrons. The zero-order valence-electron chi connectivity index (χ0n) is 9.08. The van der Waals surface area contributed by atoms with Gasteiger partial charge in [-0.15, -0.1) is 0 Å². The lowest BCUT2D eigenvalue weighted by Crippen LogP contribution is -2.23. The second-order valence-electron chi connectivity index (χ2n) is 3.01. The number of anilines is 1. The van der Waals surface area contributed by atoms with Gasteiger partial charge in [-0.25, -0.2) is 0 Å². The van der Waals surface area contributed by atoms with E-state index in [1.54, 1.807) is 0 Å². The SMILES string of the molecule is CCN(CC)c1noc(CCNC)n1. The van der Waals surface area contributed by atoms with Crippen molar-refractivity contribution in [2.24, 2.45) is 0 Å². The van der Waals surface area contributed by atoms with E-state index in [4.69, 9.17) is 4.52 Å². The molecule has 80 valence electrons. The van der Waals surface area contributed by atoms with Gasteiger partial charge in [-0.1, -0.05) is 0 Å². The predicted molar refractivity (Wildman–Crippen MR) is 55.5 cm³/mol. The fourth-order valence-electron chi connectivity index (χ4n) is 1.21. The molecule has 1 aromatic rings. The lowest BCUT2D eigenvalue weighted by molar-refractivity contribution is 0.376. The molecule has 0 aliphatic rings. The molecule has 14 heavy (non-hydrogen) atoms. The van der Waals surface area contributed by atoms with E-state index in [2.05, 4.69) is 34.2 Å². The Hall–Kier alpha value is -1.10. The molecule has 0 bridgehead atoms. The number of rotatable bonds is 6. The number of nitrogens with one attached hydrogen (secondary N) is 1. The highest BCUT2D eigenvalue weighted by Gasteiger charge is 2.10. The van der Waals surface area contributed by atoms with E-state index in [1.165, 1.54) is 0 Å². The third-order valence-electron chi connectivity index (χ3n) is 2.09. The maximum absolute atomic E-state index is 5.11.